The van der Waals surface area contributed by atoms with Crippen molar-refractivity contribution >= 4 is 39.3 Å². The zero-order chi connectivity index (χ0) is 18.2. The number of nitrogens with zero attached hydrogens (tertiary/aromatic N) is 1. The highest BCUT2D eigenvalue weighted by atomic mass is 79.9. The minimum absolute atomic E-state index is 0.183. The number of carbonyl (C=O) groups is 1. The van der Waals surface area contributed by atoms with Crippen LogP contribution in [0, 0.1) is 0 Å². The third-order valence-electron chi connectivity index (χ3n) is 3.87. The summed E-state index contributed by atoms with van der Waals surface area (Å²) >= 11 is 3.42. The summed E-state index contributed by atoms with van der Waals surface area (Å²) in [7, 11) is 1.61. The van der Waals surface area contributed by atoms with Gasteiger partial charge in [0, 0.05) is 40.6 Å². The van der Waals surface area contributed by atoms with E-state index in [4.69, 9.17) is 4.74 Å². The summed E-state index contributed by atoms with van der Waals surface area (Å²) in [6.45, 7) is 6.17. The molecule has 0 saturated heterocycles. The Morgan fingerprint density at radius 1 is 1.16 bits per heavy atom. The molecular weight excluding hydrogens is 380 g/mol. The van der Waals surface area contributed by atoms with Gasteiger partial charge in [0.15, 0.2) is 0 Å². The fraction of sp³-hybridized carbons (Fsp3) is 0.250. The predicted octanol–water partition coefficient (Wildman–Crippen LogP) is 4.96. The highest BCUT2D eigenvalue weighted by molar-refractivity contribution is 9.10. The zero-order valence-corrected chi connectivity index (χ0v) is 16.3. The van der Waals surface area contributed by atoms with Gasteiger partial charge in [0.2, 0.25) is 5.91 Å². The molecule has 2 aromatic carbocycles. The Morgan fingerprint density at radius 3 is 2.44 bits per heavy atom. The van der Waals surface area contributed by atoms with Crippen LogP contribution < -0.4 is 15.0 Å². The van der Waals surface area contributed by atoms with Gasteiger partial charge >= 0.3 is 0 Å². The number of hydrogen-bond donors (Lipinski definition) is 1. The molecule has 0 bridgehead atoms. The maximum Gasteiger partial charge on any atom is 0.248 e. The number of carbonyl (C=O) groups excluding carboxylic acids is 1. The molecule has 2 aromatic rings. The van der Waals surface area contributed by atoms with Crippen LogP contribution in [0.4, 0.5) is 11.4 Å². The Kier molecular flexibility index (Phi) is 7.07. The van der Waals surface area contributed by atoms with E-state index < -0.39 is 0 Å². The summed E-state index contributed by atoms with van der Waals surface area (Å²) in [5, 5.41) is 2.87. The van der Waals surface area contributed by atoms with Gasteiger partial charge in [-0.25, -0.2) is 0 Å². The molecular formula is C20H23BrN2O2. The molecule has 0 unspecified atom stereocenters. The average molecular weight is 403 g/mol. The molecule has 0 aliphatic carbocycles. The lowest BCUT2D eigenvalue weighted by atomic mass is 10.2. The first kappa shape index (κ1) is 19.1. The van der Waals surface area contributed by atoms with Gasteiger partial charge in [0.05, 0.1) is 7.11 Å². The zero-order valence-electron chi connectivity index (χ0n) is 14.8. The normalized spacial score (nSPS) is 10.7. The largest absolute Gasteiger partial charge is 0.496 e. The van der Waals surface area contributed by atoms with E-state index in [0.717, 1.165) is 40.2 Å². The Morgan fingerprint density at radius 2 is 1.84 bits per heavy atom. The number of amides is 1. The Labute approximate surface area is 157 Å². The van der Waals surface area contributed by atoms with Crippen molar-refractivity contribution in [2.24, 2.45) is 0 Å². The molecule has 0 atom stereocenters. The second kappa shape index (κ2) is 9.28. The van der Waals surface area contributed by atoms with Gasteiger partial charge < -0.3 is 15.0 Å². The van der Waals surface area contributed by atoms with E-state index in [0.29, 0.717) is 0 Å². The van der Waals surface area contributed by atoms with Crippen molar-refractivity contribution in [2.45, 2.75) is 13.8 Å². The lowest BCUT2D eigenvalue weighted by Crippen LogP contribution is -2.21. The first-order chi connectivity index (χ1) is 12.1. The van der Waals surface area contributed by atoms with E-state index in [1.54, 1.807) is 13.2 Å². The van der Waals surface area contributed by atoms with Gasteiger partial charge in [-0.15, -0.1) is 0 Å². The fourth-order valence-corrected chi connectivity index (χ4v) is 2.91. The minimum Gasteiger partial charge on any atom is -0.496 e. The first-order valence-electron chi connectivity index (χ1n) is 8.25. The summed E-state index contributed by atoms with van der Waals surface area (Å²) < 4.78 is 6.23. The lowest BCUT2D eigenvalue weighted by molar-refractivity contribution is -0.111. The Hall–Kier alpha value is -2.27. The number of rotatable bonds is 7. The van der Waals surface area contributed by atoms with Crippen LogP contribution in [0.3, 0.4) is 0 Å². The van der Waals surface area contributed by atoms with Gasteiger partial charge in [-0.3, -0.25) is 4.79 Å². The molecule has 1 amide bonds. The summed E-state index contributed by atoms with van der Waals surface area (Å²) in [6.07, 6.45) is 3.24. The molecule has 1 N–H and O–H groups in total. The van der Waals surface area contributed by atoms with Gasteiger partial charge in [-0.2, -0.15) is 0 Å². The first-order valence-corrected chi connectivity index (χ1v) is 9.04. The Bertz CT molecular complexity index is 738. The number of hydrogen-bond acceptors (Lipinski definition) is 3. The number of anilines is 2. The molecule has 5 heteroatoms. The summed E-state index contributed by atoms with van der Waals surface area (Å²) in [4.78, 5) is 14.4. The van der Waals surface area contributed by atoms with Gasteiger partial charge in [0.1, 0.15) is 5.75 Å². The van der Waals surface area contributed by atoms with Gasteiger partial charge in [-0.05, 0) is 62.4 Å². The van der Waals surface area contributed by atoms with Crippen LogP contribution in [0.25, 0.3) is 6.08 Å². The van der Waals surface area contributed by atoms with E-state index in [1.165, 1.54) is 6.08 Å². The maximum atomic E-state index is 12.1. The topological polar surface area (TPSA) is 41.6 Å². The van der Waals surface area contributed by atoms with Crippen molar-refractivity contribution in [3.8, 4) is 5.75 Å². The van der Waals surface area contributed by atoms with Crippen LogP contribution in [0.5, 0.6) is 5.75 Å². The quantitative estimate of drug-likeness (QED) is 0.665. The molecule has 25 heavy (non-hydrogen) atoms. The maximum absolute atomic E-state index is 12.1. The van der Waals surface area contributed by atoms with Gasteiger partial charge in [0.25, 0.3) is 0 Å². The monoisotopic (exact) mass is 402 g/mol. The number of ether oxygens (including phenoxy) is 1. The van der Waals surface area contributed by atoms with Crippen molar-refractivity contribution in [2.75, 3.05) is 30.4 Å². The second-order valence-electron chi connectivity index (χ2n) is 5.43. The van der Waals surface area contributed by atoms with Crippen LogP contribution in [0.15, 0.2) is 53.0 Å². The van der Waals surface area contributed by atoms with Crippen molar-refractivity contribution in [1.82, 2.24) is 0 Å². The molecule has 0 saturated carbocycles. The molecule has 0 spiro atoms. The van der Waals surface area contributed by atoms with E-state index >= 15 is 0 Å². The molecule has 132 valence electrons. The van der Waals surface area contributed by atoms with Crippen LogP contribution in [-0.4, -0.2) is 26.1 Å². The highest BCUT2D eigenvalue weighted by Gasteiger charge is 2.04. The molecule has 0 fully saturated rings. The standard InChI is InChI=1S/C20H23BrN2O2/c1-4-23(5-2)18-10-8-17(9-11-18)22-20(24)13-6-15-14-16(21)7-12-19(15)25-3/h6-14H,4-5H2,1-3H3,(H,22,24)/b13-6+. The molecule has 2 rings (SSSR count). The predicted molar refractivity (Wildman–Crippen MR) is 108 cm³/mol. The fourth-order valence-electron chi connectivity index (χ4n) is 2.53. The molecule has 0 aliphatic heterocycles. The van der Waals surface area contributed by atoms with Crippen molar-refractivity contribution in [3.05, 3.63) is 58.6 Å². The molecule has 0 heterocycles. The minimum atomic E-state index is -0.183. The van der Waals surface area contributed by atoms with Crippen LogP contribution in [0.1, 0.15) is 19.4 Å². The average Bonchev–Trinajstić information content (AvgIpc) is 2.62. The van der Waals surface area contributed by atoms with E-state index in [-0.39, 0.29) is 5.91 Å². The van der Waals surface area contributed by atoms with Crippen LogP contribution in [0.2, 0.25) is 0 Å². The Balaban J connectivity index is 2.04. The molecule has 0 aromatic heterocycles. The SMILES string of the molecule is CCN(CC)c1ccc(NC(=O)/C=C/c2cc(Br)ccc2OC)cc1. The third kappa shape index (κ3) is 5.36. The van der Waals surface area contributed by atoms with Crippen LogP contribution >= 0.6 is 15.9 Å². The number of nitrogens with one attached hydrogen (secondary N) is 1. The second-order valence-corrected chi connectivity index (χ2v) is 6.34. The molecule has 4 nitrogen and oxygen atoms in total. The van der Waals surface area contributed by atoms with Crippen molar-refractivity contribution in [3.63, 3.8) is 0 Å². The lowest BCUT2D eigenvalue weighted by Gasteiger charge is -2.21. The summed E-state index contributed by atoms with van der Waals surface area (Å²) in [5.74, 6) is 0.536. The van der Waals surface area contributed by atoms with Crippen molar-refractivity contribution < 1.29 is 9.53 Å². The van der Waals surface area contributed by atoms with E-state index in [1.807, 2.05) is 42.5 Å². The van der Waals surface area contributed by atoms with E-state index in [9.17, 15) is 4.79 Å². The van der Waals surface area contributed by atoms with Crippen LogP contribution in [-0.2, 0) is 4.79 Å². The molecule has 0 aliphatic rings. The number of benzene rings is 2. The smallest absolute Gasteiger partial charge is 0.248 e. The molecule has 0 radical (unpaired) electrons. The summed E-state index contributed by atoms with van der Waals surface area (Å²) in [6, 6.07) is 13.5. The van der Waals surface area contributed by atoms with Crippen molar-refractivity contribution in [1.29, 1.82) is 0 Å². The highest BCUT2D eigenvalue weighted by Crippen LogP contribution is 2.24. The summed E-state index contributed by atoms with van der Waals surface area (Å²) in [5.41, 5.74) is 2.76. The number of halogens is 1. The van der Waals surface area contributed by atoms with Gasteiger partial charge in [-0.1, -0.05) is 15.9 Å². The van der Waals surface area contributed by atoms with E-state index in [2.05, 4.69) is 40.0 Å². The number of methoxy groups -OCH3 is 1. The third-order valence-corrected chi connectivity index (χ3v) is 4.36.